The Morgan fingerprint density at radius 3 is 2.22 bits per heavy atom. The standard InChI is InChI=1S/C25H44F2N2O3/c1-2-3-4-5-6-7-14-31-21-16-28-24(29-17-21)18-8-11-20(12-9-18)32-25(30)19-10-13-22(26)23(27)15-19/h18-24,28-29H,2-17H2,1H3. The first-order valence-corrected chi connectivity index (χ1v) is 13.1. The van der Waals surface area contributed by atoms with Gasteiger partial charge in [0.2, 0.25) is 0 Å². The second-order valence-corrected chi connectivity index (χ2v) is 10.1. The van der Waals surface area contributed by atoms with Crippen molar-refractivity contribution in [2.45, 2.75) is 121 Å². The minimum Gasteiger partial charge on any atom is -0.462 e. The molecule has 2 aliphatic carbocycles. The second-order valence-electron chi connectivity index (χ2n) is 10.1. The van der Waals surface area contributed by atoms with E-state index in [1.807, 2.05) is 0 Å². The molecular weight excluding hydrogens is 414 g/mol. The topological polar surface area (TPSA) is 59.6 Å². The van der Waals surface area contributed by atoms with E-state index in [9.17, 15) is 13.6 Å². The van der Waals surface area contributed by atoms with Crippen LogP contribution in [0.5, 0.6) is 0 Å². The maximum absolute atomic E-state index is 13.6. The van der Waals surface area contributed by atoms with Gasteiger partial charge in [0.1, 0.15) is 18.4 Å². The van der Waals surface area contributed by atoms with Gasteiger partial charge in [-0.1, -0.05) is 39.0 Å². The Bertz CT molecular complexity index is 537. The van der Waals surface area contributed by atoms with Crippen molar-refractivity contribution in [2.24, 2.45) is 11.8 Å². The van der Waals surface area contributed by atoms with Crippen molar-refractivity contribution in [1.29, 1.82) is 0 Å². The number of carbonyl (C=O) groups is 1. The molecule has 1 heterocycles. The summed E-state index contributed by atoms with van der Waals surface area (Å²) in [5.74, 6) is -0.298. The molecule has 0 radical (unpaired) electrons. The van der Waals surface area contributed by atoms with E-state index in [2.05, 4.69) is 17.6 Å². The van der Waals surface area contributed by atoms with E-state index < -0.39 is 18.3 Å². The molecule has 3 fully saturated rings. The van der Waals surface area contributed by atoms with Gasteiger partial charge in [-0.15, -0.1) is 0 Å². The predicted molar refractivity (Wildman–Crippen MR) is 122 cm³/mol. The van der Waals surface area contributed by atoms with Crippen molar-refractivity contribution in [3.63, 3.8) is 0 Å². The number of hydrogen-bond donors (Lipinski definition) is 2. The van der Waals surface area contributed by atoms with E-state index >= 15 is 0 Å². The van der Waals surface area contributed by atoms with Crippen molar-refractivity contribution in [3.8, 4) is 0 Å². The van der Waals surface area contributed by atoms with Crippen molar-refractivity contribution in [1.82, 2.24) is 10.6 Å². The lowest BCUT2D eigenvalue weighted by molar-refractivity contribution is -0.158. The molecule has 0 spiro atoms. The molecule has 1 saturated heterocycles. The quantitative estimate of drug-likeness (QED) is 0.343. The highest BCUT2D eigenvalue weighted by atomic mass is 19.2. The van der Waals surface area contributed by atoms with Crippen LogP contribution in [-0.4, -0.2) is 56.4 Å². The summed E-state index contributed by atoms with van der Waals surface area (Å²) >= 11 is 0. The Kier molecular flexibility index (Phi) is 11.1. The molecule has 3 rings (SSSR count). The van der Waals surface area contributed by atoms with Crippen LogP contribution in [0.2, 0.25) is 0 Å². The lowest BCUT2D eigenvalue weighted by Gasteiger charge is -2.39. The van der Waals surface area contributed by atoms with Gasteiger partial charge in [0.15, 0.2) is 0 Å². The van der Waals surface area contributed by atoms with Crippen molar-refractivity contribution in [2.75, 3.05) is 19.7 Å². The molecular formula is C25H44F2N2O3. The fourth-order valence-electron chi connectivity index (χ4n) is 5.34. The average molecular weight is 459 g/mol. The van der Waals surface area contributed by atoms with Gasteiger partial charge < -0.3 is 9.47 Å². The molecule has 0 bridgehead atoms. The number of carbonyl (C=O) groups excluding carboxylic acids is 1. The first-order chi connectivity index (χ1) is 15.6. The first-order valence-electron chi connectivity index (χ1n) is 13.1. The molecule has 32 heavy (non-hydrogen) atoms. The number of esters is 1. The number of alkyl halides is 2. The third-order valence-electron chi connectivity index (χ3n) is 7.48. The largest absolute Gasteiger partial charge is 0.462 e. The van der Waals surface area contributed by atoms with Gasteiger partial charge >= 0.3 is 5.97 Å². The van der Waals surface area contributed by atoms with Crippen molar-refractivity contribution in [3.05, 3.63) is 0 Å². The second kappa shape index (κ2) is 13.8. The highest BCUT2D eigenvalue weighted by molar-refractivity contribution is 5.72. The van der Waals surface area contributed by atoms with Crippen LogP contribution in [0.3, 0.4) is 0 Å². The lowest BCUT2D eigenvalue weighted by Crippen LogP contribution is -2.59. The maximum atomic E-state index is 13.6. The van der Waals surface area contributed by atoms with E-state index in [-0.39, 0.29) is 37.2 Å². The van der Waals surface area contributed by atoms with Crippen LogP contribution >= 0.6 is 0 Å². The van der Waals surface area contributed by atoms with Crippen LogP contribution < -0.4 is 10.6 Å². The molecule has 7 heteroatoms. The predicted octanol–water partition coefficient (Wildman–Crippen LogP) is 4.83. The Balaban J connectivity index is 1.25. The molecule has 0 aromatic carbocycles. The molecule has 186 valence electrons. The van der Waals surface area contributed by atoms with Gasteiger partial charge in [0, 0.05) is 19.7 Å². The zero-order chi connectivity index (χ0) is 22.8. The van der Waals surface area contributed by atoms with Crippen molar-refractivity contribution >= 4 is 5.97 Å². The third-order valence-corrected chi connectivity index (χ3v) is 7.48. The molecule has 0 amide bonds. The number of unbranched alkanes of at least 4 members (excludes halogenated alkanes) is 5. The third kappa shape index (κ3) is 8.21. The Hall–Kier alpha value is -0.790. The fraction of sp³-hybridized carbons (Fsp3) is 0.960. The number of halogens is 2. The monoisotopic (exact) mass is 458 g/mol. The molecule has 3 atom stereocenters. The molecule has 2 saturated carbocycles. The van der Waals surface area contributed by atoms with Crippen molar-refractivity contribution < 1.29 is 23.0 Å². The molecule has 0 aromatic rings. The minimum atomic E-state index is -1.53. The zero-order valence-corrected chi connectivity index (χ0v) is 19.8. The SMILES string of the molecule is CCCCCCCCOC1CNC(C2CCC(OC(=O)C3CCC(F)C(F)C3)CC2)NC1. The number of nitrogens with one attached hydrogen (secondary N) is 2. The fourth-order valence-corrected chi connectivity index (χ4v) is 5.34. The van der Waals surface area contributed by atoms with Crippen LogP contribution in [0.4, 0.5) is 8.78 Å². The van der Waals surface area contributed by atoms with Gasteiger partial charge in [0.25, 0.3) is 0 Å². The van der Waals surface area contributed by atoms with Crippen LogP contribution in [0.1, 0.15) is 90.4 Å². The molecule has 5 nitrogen and oxygen atoms in total. The van der Waals surface area contributed by atoms with Gasteiger partial charge in [-0.05, 0) is 57.3 Å². The Morgan fingerprint density at radius 1 is 0.844 bits per heavy atom. The zero-order valence-electron chi connectivity index (χ0n) is 19.8. The Morgan fingerprint density at radius 2 is 1.53 bits per heavy atom. The van der Waals surface area contributed by atoms with Gasteiger partial charge in [-0.2, -0.15) is 0 Å². The van der Waals surface area contributed by atoms with E-state index in [1.165, 1.54) is 32.1 Å². The highest BCUT2D eigenvalue weighted by Gasteiger charge is 2.37. The maximum Gasteiger partial charge on any atom is 0.309 e. The number of rotatable bonds is 11. The van der Waals surface area contributed by atoms with E-state index in [0.29, 0.717) is 12.3 Å². The van der Waals surface area contributed by atoms with Crippen LogP contribution in [0.25, 0.3) is 0 Å². The number of ether oxygens (including phenoxy) is 2. The molecule has 0 aromatic heterocycles. The Labute approximate surface area is 192 Å². The summed E-state index contributed by atoms with van der Waals surface area (Å²) in [4.78, 5) is 12.4. The van der Waals surface area contributed by atoms with Crippen LogP contribution in [-0.2, 0) is 14.3 Å². The van der Waals surface area contributed by atoms with Crippen LogP contribution in [0.15, 0.2) is 0 Å². The summed E-state index contributed by atoms with van der Waals surface area (Å²) in [7, 11) is 0. The summed E-state index contributed by atoms with van der Waals surface area (Å²) < 4.78 is 38.6. The molecule has 1 aliphatic heterocycles. The molecule has 3 aliphatic rings. The summed E-state index contributed by atoms with van der Waals surface area (Å²) in [6.45, 7) is 4.84. The lowest BCUT2D eigenvalue weighted by atomic mass is 9.84. The van der Waals surface area contributed by atoms with Gasteiger partial charge in [-0.25, -0.2) is 8.78 Å². The normalized spacial score (nSPS) is 36.0. The minimum absolute atomic E-state index is 0.0344. The summed E-state index contributed by atoms with van der Waals surface area (Å²) in [6, 6.07) is 0. The summed E-state index contributed by atoms with van der Waals surface area (Å²) in [5.41, 5.74) is 0. The highest BCUT2D eigenvalue weighted by Crippen LogP contribution is 2.33. The van der Waals surface area contributed by atoms with E-state index in [1.54, 1.807) is 0 Å². The van der Waals surface area contributed by atoms with E-state index in [0.717, 1.165) is 51.8 Å². The van der Waals surface area contributed by atoms with Gasteiger partial charge in [0.05, 0.1) is 18.2 Å². The van der Waals surface area contributed by atoms with Gasteiger partial charge in [-0.3, -0.25) is 15.4 Å². The summed E-state index contributed by atoms with van der Waals surface area (Å²) in [5, 5.41) is 7.21. The smallest absolute Gasteiger partial charge is 0.309 e. The molecule has 2 N–H and O–H groups in total. The van der Waals surface area contributed by atoms with Crippen LogP contribution in [0, 0.1) is 11.8 Å². The average Bonchev–Trinajstić information content (AvgIpc) is 2.81. The van der Waals surface area contributed by atoms with E-state index in [4.69, 9.17) is 9.47 Å². The summed E-state index contributed by atoms with van der Waals surface area (Å²) in [6.07, 6.45) is 9.31. The molecule has 3 unspecified atom stereocenters. The number of hydrogen-bond acceptors (Lipinski definition) is 5. The first kappa shape index (κ1) is 25.8.